The Labute approximate surface area is 201 Å². The number of fused-ring (bicyclic) bond motifs is 1. The van der Waals surface area contributed by atoms with E-state index >= 15 is 0 Å². The molecule has 0 saturated carbocycles. The van der Waals surface area contributed by atoms with E-state index in [0.717, 1.165) is 51.7 Å². The van der Waals surface area contributed by atoms with Crippen LogP contribution in [-0.4, -0.2) is 56.3 Å². The molecule has 0 unspecified atom stereocenters. The maximum atomic E-state index is 5.96. The van der Waals surface area contributed by atoms with Gasteiger partial charge >= 0.3 is 0 Å². The van der Waals surface area contributed by atoms with E-state index in [9.17, 15) is 0 Å². The van der Waals surface area contributed by atoms with Crippen molar-refractivity contribution in [1.29, 1.82) is 0 Å². The molecule has 5 heterocycles. The average molecular weight is 471 g/mol. The van der Waals surface area contributed by atoms with Crippen molar-refractivity contribution >= 4 is 22.4 Å². The molecule has 1 aliphatic rings. The first kappa shape index (κ1) is 21.1. The number of H-pyrrole nitrogens is 2. The highest BCUT2D eigenvalue weighted by atomic mass is 32.1. The molecule has 2 N–H and O–H groups in total. The first-order valence-electron chi connectivity index (χ1n) is 11.6. The summed E-state index contributed by atoms with van der Waals surface area (Å²) in [7, 11) is 0. The number of para-hydroxylation sites is 1. The Balaban J connectivity index is 1.23. The van der Waals surface area contributed by atoms with Crippen molar-refractivity contribution in [3.05, 3.63) is 59.7 Å². The number of imidazole rings is 1. The van der Waals surface area contributed by atoms with Gasteiger partial charge in [-0.05, 0) is 63.2 Å². The van der Waals surface area contributed by atoms with Crippen molar-refractivity contribution in [1.82, 2.24) is 30.0 Å². The second-order valence-electron chi connectivity index (χ2n) is 8.67. The Morgan fingerprint density at radius 3 is 2.85 bits per heavy atom. The summed E-state index contributed by atoms with van der Waals surface area (Å²) in [5, 5.41) is 7.65. The molecule has 1 fully saturated rings. The summed E-state index contributed by atoms with van der Waals surface area (Å²) in [6, 6.07) is 14.5. The van der Waals surface area contributed by atoms with Gasteiger partial charge in [0.05, 0.1) is 22.9 Å². The molecule has 0 spiro atoms. The lowest BCUT2D eigenvalue weighted by Gasteiger charge is -2.14. The fourth-order valence-corrected chi connectivity index (χ4v) is 5.36. The minimum Gasteiger partial charge on any atom is -0.491 e. The second-order valence-corrected chi connectivity index (χ2v) is 9.96. The number of rotatable bonds is 7. The van der Waals surface area contributed by atoms with Gasteiger partial charge in [-0.3, -0.25) is 15.0 Å². The van der Waals surface area contributed by atoms with Crippen LogP contribution in [0.4, 0.5) is 0 Å². The van der Waals surface area contributed by atoms with Crippen molar-refractivity contribution in [3.8, 4) is 39.0 Å². The van der Waals surface area contributed by atoms with Crippen LogP contribution in [0.25, 0.3) is 44.2 Å². The number of hydrogen-bond donors (Lipinski definition) is 2. The van der Waals surface area contributed by atoms with Gasteiger partial charge in [-0.2, -0.15) is 5.10 Å². The molecule has 1 aromatic carbocycles. The van der Waals surface area contributed by atoms with E-state index in [-0.39, 0.29) is 0 Å². The molecule has 5 aromatic rings. The van der Waals surface area contributed by atoms with E-state index < -0.39 is 0 Å². The highest BCUT2D eigenvalue weighted by Gasteiger charge is 2.15. The van der Waals surface area contributed by atoms with Crippen LogP contribution in [0.3, 0.4) is 0 Å². The SMILES string of the molecule is Cc1ccc(-c2cccc3[nH]c(-c4cc(-c5cncc(OCCN6CCCC6)c5)[nH]n4)nc23)s1. The van der Waals surface area contributed by atoms with Gasteiger partial charge in [-0.1, -0.05) is 12.1 Å². The molecule has 8 heteroatoms. The number of ether oxygens (including phenoxy) is 1. The van der Waals surface area contributed by atoms with Gasteiger partial charge in [0.25, 0.3) is 0 Å². The first-order valence-corrected chi connectivity index (χ1v) is 12.5. The summed E-state index contributed by atoms with van der Waals surface area (Å²) in [6.07, 6.45) is 6.16. The Hall–Kier alpha value is -3.49. The van der Waals surface area contributed by atoms with Crippen LogP contribution in [-0.2, 0) is 0 Å². The Morgan fingerprint density at radius 1 is 1.09 bits per heavy atom. The summed E-state index contributed by atoms with van der Waals surface area (Å²) >= 11 is 1.78. The normalized spacial score (nSPS) is 14.3. The van der Waals surface area contributed by atoms with Crippen LogP contribution in [0.2, 0.25) is 0 Å². The van der Waals surface area contributed by atoms with E-state index in [2.05, 4.69) is 62.3 Å². The van der Waals surface area contributed by atoms with Gasteiger partial charge in [0.1, 0.15) is 18.1 Å². The molecule has 34 heavy (non-hydrogen) atoms. The highest BCUT2D eigenvalue weighted by Crippen LogP contribution is 2.34. The Kier molecular flexibility index (Phi) is 5.60. The molecule has 0 bridgehead atoms. The number of aryl methyl sites for hydroxylation is 1. The molecule has 1 aliphatic heterocycles. The van der Waals surface area contributed by atoms with Crippen LogP contribution in [0.5, 0.6) is 5.75 Å². The number of benzene rings is 1. The lowest BCUT2D eigenvalue weighted by atomic mass is 10.1. The van der Waals surface area contributed by atoms with E-state index in [4.69, 9.17) is 9.72 Å². The number of aromatic amines is 2. The average Bonchev–Trinajstić information content (AvgIpc) is 3.65. The summed E-state index contributed by atoms with van der Waals surface area (Å²) in [6.45, 7) is 6.10. The predicted octanol–water partition coefficient (Wildman–Crippen LogP) is 5.53. The third-order valence-electron chi connectivity index (χ3n) is 6.24. The van der Waals surface area contributed by atoms with Crippen LogP contribution < -0.4 is 4.74 Å². The summed E-state index contributed by atoms with van der Waals surface area (Å²) in [4.78, 5) is 17.6. The number of aromatic nitrogens is 5. The molecule has 4 aromatic heterocycles. The first-order chi connectivity index (χ1) is 16.7. The van der Waals surface area contributed by atoms with Crippen LogP contribution in [0, 0.1) is 6.92 Å². The van der Waals surface area contributed by atoms with Crippen LogP contribution >= 0.6 is 11.3 Å². The lowest BCUT2D eigenvalue weighted by molar-refractivity contribution is 0.237. The molecule has 0 aliphatic carbocycles. The monoisotopic (exact) mass is 470 g/mol. The number of likely N-dealkylation sites (tertiary alicyclic amines) is 1. The number of thiophene rings is 1. The fourth-order valence-electron chi connectivity index (χ4n) is 4.47. The molecular weight excluding hydrogens is 444 g/mol. The summed E-state index contributed by atoms with van der Waals surface area (Å²) in [5.74, 6) is 1.51. The van der Waals surface area contributed by atoms with Gasteiger partial charge in [0.15, 0.2) is 5.82 Å². The zero-order chi connectivity index (χ0) is 22.9. The van der Waals surface area contributed by atoms with E-state index in [1.165, 1.54) is 35.7 Å². The van der Waals surface area contributed by atoms with Crippen molar-refractivity contribution in [2.24, 2.45) is 0 Å². The van der Waals surface area contributed by atoms with Gasteiger partial charge < -0.3 is 9.72 Å². The highest BCUT2D eigenvalue weighted by molar-refractivity contribution is 7.15. The largest absolute Gasteiger partial charge is 0.491 e. The van der Waals surface area contributed by atoms with Crippen molar-refractivity contribution < 1.29 is 4.74 Å². The van der Waals surface area contributed by atoms with Gasteiger partial charge in [-0.25, -0.2) is 4.98 Å². The smallest absolute Gasteiger partial charge is 0.159 e. The Bertz CT molecular complexity index is 1430. The van der Waals surface area contributed by atoms with Crippen molar-refractivity contribution in [2.45, 2.75) is 19.8 Å². The molecule has 7 nitrogen and oxygen atoms in total. The van der Waals surface area contributed by atoms with Gasteiger partial charge in [0.2, 0.25) is 0 Å². The number of hydrogen-bond acceptors (Lipinski definition) is 6. The minimum atomic E-state index is 0.671. The molecule has 0 atom stereocenters. The van der Waals surface area contributed by atoms with Crippen molar-refractivity contribution in [2.75, 3.05) is 26.2 Å². The van der Waals surface area contributed by atoms with Crippen molar-refractivity contribution in [3.63, 3.8) is 0 Å². The standard InChI is InChI=1S/C26H26N6OS/c1-17-7-8-24(34-17)20-5-4-6-21-25(20)29-26(28-21)23-14-22(30-31-23)18-13-19(16-27-15-18)33-12-11-32-9-2-3-10-32/h4-8,13-16H,2-3,9-12H2,1H3,(H,28,29)(H,30,31). The molecule has 0 amide bonds. The summed E-state index contributed by atoms with van der Waals surface area (Å²) < 4.78 is 5.96. The topological polar surface area (TPSA) is 82.7 Å². The quantitative estimate of drug-likeness (QED) is 0.327. The van der Waals surface area contributed by atoms with E-state index in [0.29, 0.717) is 6.61 Å². The zero-order valence-corrected chi connectivity index (χ0v) is 19.9. The maximum Gasteiger partial charge on any atom is 0.159 e. The lowest BCUT2D eigenvalue weighted by Crippen LogP contribution is -2.25. The number of nitrogens with one attached hydrogen (secondary N) is 2. The van der Waals surface area contributed by atoms with E-state index in [1.54, 1.807) is 17.5 Å². The Morgan fingerprint density at radius 2 is 2.00 bits per heavy atom. The molecular formula is C26H26N6OS. The maximum absolute atomic E-state index is 5.96. The van der Waals surface area contributed by atoms with Crippen LogP contribution in [0.1, 0.15) is 17.7 Å². The third-order valence-corrected chi connectivity index (χ3v) is 7.27. The molecule has 6 rings (SSSR count). The second kappa shape index (κ2) is 9.04. The van der Waals surface area contributed by atoms with Crippen LogP contribution in [0.15, 0.2) is 54.9 Å². The predicted molar refractivity (Wildman–Crippen MR) is 136 cm³/mol. The molecule has 1 saturated heterocycles. The molecule has 172 valence electrons. The zero-order valence-electron chi connectivity index (χ0n) is 19.0. The third kappa shape index (κ3) is 4.22. The van der Waals surface area contributed by atoms with Gasteiger partial charge in [0, 0.05) is 33.6 Å². The molecule has 0 radical (unpaired) electrons. The van der Waals surface area contributed by atoms with E-state index in [1.807, 2.05) is 18.3 Å². The fraction of sp³-hybridized carbons (Fsp3) is 0.269. The minimum absolute atomic E-state index is 0.671. The number of nitrogens with zero attached hydrogens (tertiary/aromatic N) is 4. The number of pyridine rings is 1. The summed E-state index contributed by atoms with van der Waals surface area (Å²) in [5.41, 5.74) is 5.67. The van der Waals surface area contributed by atoms with Gasteiger partial charge in [-0.15, -0.1) is 11.3 Å².